The van der Waals surface area contributed by atoms with E-state index in [0.29, 0.717) is 0 Å². The smallest absolute Gasteiger partial charge is 0.336 e. The summed E-state index contributed by atoms with van der Waals surface area (Å²) in [5.74, 6) is 0. The standard InChI is InChI=1S/C10H10O2/c1-7-6-10(11)12-9-5-3-2-4-8(7)9/h4-6H,2-3H2,1H3. The van der Waals surface area contributed by atoms with Gasteiger partial charge in [-0.3, -0.25) is 0 Å². The molecule has 0 spiro atoms. The Balaban J connectivity index is 2.96. The van der Waals surface area contributed by atoms with Gasteiger partial charge in [-0.05, 0) is 31.4 Å². The maximum atomic E-state index is 11.0. The van der Waals surface area contributed by atoms with Gasteiger partial charge in [-0.1, -0.05) is 6.08 Å². The fraction of sp³-hybridized carbons (Fsp3) is 0.300. The van der Waals surface area contributed by atoms with Gasteiger partial charge in [0.05, 0.1) is 0 Å². The second kappa shape index (κ2) is 2.63. The van der Waals surface area contributed by atoms with Gasteiger partial charge in [-0.2, -0.15) is 0 Å². The molecular formula is C10H10O2. The third-order valence-corrected chi connectivity index (χ3v) is 2.08. The molecule has 0 amide bonds. The highest BCUT2D eigenvalue weighted by Crippen LogP contribution is 1.94. The molecule has 0 aliphatic heterocycles. The molecule has 0 unspecified atom stereocenters. The van der Waals surface area contributed by atoms with E-state index in [1.165, 1.54) is 6.07 Å². The number of hydrogen-bond donors (Lipinski definition) is 0. The van der Waals surface area contributed by atoms with Crippen molar-refractivity contribution < 1.29 is 4.42 Å². The van der Waals surface area contributed by atoms with Crippen molar-refractivity contribution in [3.63, 3.8) is 0 Å². The lowest BCUT2D eigenvalue weighted by atomic mass is 10.1. The Hall–Kier alpha value is -1.31. The number of aryl methyl sites for hydroxylation is 1. The summed E-state index contributed by atoms with van der Waals surface area (Å²) >= 11 is 0. The van der Waals surface area contributed by atoms with Gasteiger partial charge in [0.15, 0.2) is 0 Å². The quantitative estimate of drug-likeness (QED) is 0.549. The van der Waals surface area contributed by atoms with Gasteiger partial charge in [0.1, 0.15) is 5.42 Å². The molecular weight excluding hydrogens is 152 g/mol. The van der Waals surface area contributed by atoms with E-state index in [9.17, 15) is 4.79 Å². The minimum Gasteiger partial charge on any atom is -0.423 e. The molecule has 0 bridgehead atoms. The Bertz CT molecular complexity index is 466. The van der Waals surface area contributed by atoms with Crippen molar-refractivity contribution in [2.45, 2.75) is 19.8 Å². The van der Waals surface area contributed by atoms with E-state index in [2.05, 4.69) is 6.08 Å². The maximum absolute atomic E-state index is 11.0. The molecule has 1 aliphatic rings. The van der Waals surface area contributed by atoms with Crippen LogP contribution in [0.2, 0.25) is 0 Å². The van der Waals surface area contributed by atoms with E-state index in [-0.39, 0.29) is 5.63 Å². The van der Waals surface area contributed by atoms with E-state index >= 15 is 0 Å². The van der Waals surface area contributed by atoms with Gasteiger partial charge in [0.2, 0.25) is 0 Å². The van der Waals surface area contributed by atoms with Gasteiger partial charge in [0, 0.05) is 11.3 Å². The fourth-order valence-corrected chi connectivity index (χ4v) is 1.50. The predicted octanol–water partition coefficient (Wildman–Crippen LogP) is 0.303. The molecule has 1 aromatic heterocycles. The summed E-state index contributed by atoms with van der Waals surface area (Å²) in [4.78, 5) is 11.0. The van der Waals surface area contributed by atoms with Crippen LogP contribution in [0.3, 0.4) is 0 Å². The molecule has 0 saturated carbocycles. The van der Waals surface area contributed by atoms with Crippen LogP contribution in [0.5, 0.6) is 0 Å². The number of fused-ring (bicyclic) bond motifs is 1. The second-order valence-corrected chi connectivity index (χ2v) is 3.01. The van der Waals surface area contributed by atoms with Crippen molar-refractivity contribution in [1.29, 1.82) is 0 Å². The second-order valence-electron chi connectivity index (χ2n) is 3.01. The van der Waals surface area contributed by atoms with E-state index in [1.807, 2.05) is 13.0 Å². The van der Waals surface area contributed by atoms with E-state index in [0.717, 1.165) is 29.0 Å². The highest BCUT2D eigenvalue weighted by molar-refractivity contribution is 5.36. The molecule has 1 aromatic rings. The molecule has 0 radical (unpaired) electrons. The summed E-state index contributed by atoms with van der Waals surface area (Å²) in [6.45, 7) is 1.94. The van der Waals surface area contributed by atoms with Crippen LogP contribution in [0.4, 0.5) is 0 Å². The molecule has 0 fully saturated rings. The molecule has 0 aromatic carbocycles. The summed E-state index contributed by atoms with van der Waals surface area (Å²) in [5.41, 5.74) is 1.50. The summed E-state index contributed by atoms with van der Waals surface area (Å²) in [6.07, 6.45) is 6.11. The number of rotatable bonds is 0. The molecule has 0 N–H and O–H groups in total. The highest BCUT2D eigenvalue weighted by Gasteiger charge is 1.99. The Morgan fingerprint density at radius 3 is 2.92 bits per heavy atom. The van der Waals surface area contributed by atoms with Crippen LogP contribution >= 0.6 is 0 Å². The highest BCUT2D eigenvalue weighted by atomic mass is 16.4. The average molecular weight is 162 g/mol. The topological polar surface area (TPSA) is 30.2 Å². The van der Waals surface area contributed by atoms with Crippen LogP contribution in [0.1, 0.15) is 18.4 Å². The zero-order valence-corrected chi connectivity index (χ0v) is 6.96. The van der Waals surface area contributed by atoms with E-state index in [1.54, 1.807) is 0 Å². The van der Waals surface area contributed by atoms with Gasteiger partial charge in [0.25, 0.3) is 0 Å². The minimum absolute atomic E-state index is 0.252. The first-order chi connectivity index (χ1) is 5.77. The van der Waals surface area contributed by atoms with Crippen LogP contribution in [-0.4, -0.2) is 0 Å². The van der Waals surface area contributed by atoms with Crippen molar-refractivity contribution in [1.82, 2.24) is 0 Å². The first-order valence-electron chi connectivity index (χ1n) is 4.08. The van der Waals surface area contributed by atoms with Crippen molar-refractivity contribution in [2.75, 3.05) is 0 Å². The Morgan fingerprint density at radius 2 is 2.08 bits per heavy atom. The van der Waals surface area contributed by atoms with Gasteiger partial charge in [-0.15, -0.1) is 0 Å². The Kier molecular flexibility index (Phi) is 1.61. The Morgan fingerprint density at radius 1 is 1.33 bits per heavy atom. The average Bonchev–Trinajstić information content (AvgIpc) is 2.04. The number of hydrogen-bond acceptors (Lipinski definition) is 2. The summed E-state index contributed by atoms with van der Waals surface area (Å²) in [7, 11) is 0. The third kappa shape index (κ3) is 1.09. The lowest BCUT2D eigenvalue weighted by Gasteiger charge is -1.99. The first-order valence-corrected chi connectivity index (χ1v) is 4.08. The van der Waals surface area contributed by atoms with Crippen molar-refractivity contribution in [3.8, 4) is 0 Å². The van der Waals surface area contributed by atoms with Crippen molar-refractivity contribution >= 4 is 12.2 Å². The maximum Gasteiger partial charge on any atom is 0.336 e. The third-order valence-electron chi connectivity index (χ3n) is 2.08. The molecule has 62 valence electrons. The van der Waals surface area contributed by atoms with Gasteiger partial charge < -0.3 is 4.42 Å². The summed E-state index contributed by atoms with van der Waals surface area (Å²) < 4.78 is 5.04. The normalized spacial score (nSPS) is 14.4. The van der Waals surface area contributed by atoms with Gasteiger partial charge in [-0.25, -0.2) is 4.79 Å². The first kappa shape index (κ1) is 7.35. The molecule has 0 atom stereocenters. The predicted molar refractivity (Wildman–Crippen MR) is 47.1 cm³/mol. The summed E-state index contributed by atoms with van der Waals surface area (Å²) in [5, 5.41) is 1.08. The molecule has 2 heteroatoms. The molecule has 2 nitrogen and oxygen atoms in total. The lowest BCUT2D eigenvalue weighted by molar-refractivity contribution is 0.469. The zero-order chi connectivity index (χ0) is 8.55. The van der Waals surface area contributed by atoms with Crippen LogP contribution in [0, 0.1) is 6.92 Å². The zero-order valence-electron chi connectivity index (χ0n) is 6.96. The fourth-order valence-electron chi connectivity index (χ4n) is 1.50. The van der Waals surface area contributed by atoms with Crippen LogP contribution in [0.15, 0.2) is 15.3 Å². The molecule has 12 heavy (non-hydrogen) atoms. The molecule has 2 rings (SSSR count). The van der Waals surface area contributed by atoms with E-state index < -0.39 is 0 Å². The van der Waals surface area contributed by atoms with Gasteiger partial charge >= 0.3 is 5.63 Å². The molecule has 1 aliphatic carbocycles. The molecule has 0 saturated heterocycles. The minimum atomic E-state index is -0.252. The van der Waals surface area contributed by atoms with Crippen LogP contribution in [0.25, 0.3) is 12.2 Å². The van der Waals surface area contributed by atoms with Crippen LogP contribution in [-0.2, 0) is 0 Å². The largest absolute Gasteiger partial charge is 0.423 e. The monoisotopic (exact) mass is 162 g/mol. The lowest BCUT2D eigenvalue weighted by Crippen LogP contribution is -2.32. The summed E-state index contributed by atoms with van der Waals surface area (Å²) in [6, 6.07) is 1.54. The van der Waals surface area contributed by atoms with E-state index in [4.69, 9.17) is 4.42 Å². The molecule has 1 heterocycles. The van der Waals surface area contributed by atoms with Crippen molar-refractivity contribution in [3.05, 3.63) is 32.7 Å². The SMILES string of the molecule is Cc1cc(=O)oc2c1=CCCC=2. The Labute approximate surface area is 69.8 Å². The van der Waals surface area contributed by atoms with Crippen LogP contribution < -0.4 is 16.3 Å². The van der Waals surface area contributed by atoms with Crippen molar-refractivity contribution in [2.24, 2.45) is 0 Å².